The molecular formula is C16H15I. The van der Waals surface area contributed by atoms with E-state index in [9.17, 15) is 0 Å². The molecule has 2 aromatic carbocycles. The first kappa shape index (κ1) is 11.3. The molecular weight excluding hydrogens is 319 g/mol. The number of hydrogen-bond acceptors (Lipinski definition) is 0. The lowest BCUT2D eigenvalue weighted by Crippen LogP contribution is -2.15. The summed E-state index contributed by atoms with van der Waals surface area (Å²) in [4.78, 5) is 0. The standard InChI is InChI=1S/C16H15I/c1-10-8-14-12(9-15(10)17)11-6-4-5-7-13(11)16(14,2)3/h4-9H,1-3H3. The zero-order chi connectivity index (χ0) is 12.2. The van der Waals surface area contributed by atoms with Crippen LogP contribution < -0.4 is 0 Å². The van der Waals surface area contributed by atoms with Crippen molar-refractivity contribution in [1.82, 2.24) is 0 Å². The summed E-state index contributed by atoms with van der Waals surface area (Å²) < 4.78 is 1.36. The van der Waals surface area contributed by atoms with E-state index >= 15 is 0 Å². The second-order valence-electron chi connectivity index (χ2n) is 5.32. The van der Waals surface area contributed by atoms with E-state index in [1.807, 2.05) is 0 Å². The molecule has 0 aromatic heterocycles. The second kappa shape index (κ2) is 3.58. The van der Waals surface area contributed by atoms with Crippen LogP contribution in [0.3, 0.4) is 0 Å². The lowest BCUT2D eigenvalue weighted by molar-refractivity contribution is 0.659. The molecule has 1 aliphatic carbocycles. The molecule has 0 fully saturated rings. The molecule has 1 heteroatoms. The van der Waals surface area contributed by atoms with Crippen molar-refractivity contribution in [1.29, 1.82) is 0 Å². The molecule has 0 amide bonds. The van der Waals surface area contributed by atoms with Crippen LogP contribution in [-0.4, -0.2) is 0 Å². The van der Waals surface area contributed by atoms with E-state index < -0.39 is 0 Å². The van der Waals surface area contributed by atoms with Gasteiger partial charge in [0, 0.05) is 8.99 Å². The first-order valence-electron chi connectivity index (χ1n) is 5.92. The molecule has 0 heterocycles. The predicted molar refractivity (Wildman–Crippen MR) is 81.5 cm³/mol. The van der Waals surface area contributed by atoms with Gasteiger partial charge in [0.2, 0.25) is 0 Å². The van der Waals surface area contributed by atoms with Gasteiger partial charge in [0.1, 0.15) is 0 Å². The number of rotatable bonds is 0. The molecule has 0 N–H and O–H groups in total. The third kappa shape index (κ3) is 1.48. The highest BCUT2D eigenvalue weighted by Crippen LogP contribution is 2.49. The van der Waals surface area contributed by atoms with Gasteiger partial charge in [0.15, 0.2) is 0 Å². The second-order valence-corrected chi connectivity index (χ2v) is 6.48. The molecule has 0 atom stereocenters. The van der Waals surface area contributed by atoms with E-state index in [1.54, 1.807) is 0 Å². The summed E-state index contributed by atoms with van der Waals surface area (Å²) in [5.74, 6) is 0. The maximum absolute atomic E-state index is 2.43. The summed E-state index contributed by atoms with van der Waals surface area (Å²) in [7, 11) is 0. The predicted octanol–water partition coefficient (Wildman–Crippen LogP) is 4.91. The summed E-state index contributed by atoms with van der Waals surface area (Å²) in [5, 5.41) is 0. The molecule has 0 radical (unpaired) electrons. The Morgan fingerprint density at radius 2 is 1.65 bits per heavy atom. The fourth-order valence-corrected chi connectivity index (χ4v) is 3.30. The van der Waals surface area contributed by atoms with Crippen molar-refractivity contribution in [3.8, 4) is 11.1 Å². The zero-order valence-electron chi connectivity index (χ0n) is 10.3. The minimum absolute atomic E-state index is 0.140. The molecule has 0 aliphatic heterocycles. The molecule has 0 unspecified atom stereocenters. The SMILES string of the molecule is Cc1cc2c(cc1I)-c1ccccc1C2(C)C. The normalized spacial score (nSPS) is 15.5. The van der Waals surface area contributed by atoms with Crippen molar-refractivity contribution in [2.75, 3.05) is 0 Å². The number of halogens is 1. The summed E-state index contributed by atoms with van der Waals surface area (Å²) in [6.07, 6.45) is 0. The number of fused-ring (bicyclic) bond motifs is 3. The lowest BCUT2D eigenvalue weighted by atomic mass is 9.82. The lowest BCUT2D eigenvalue weighted by Gasteiger charge is -2.21. The van der Waals surface area contributed by atoms with Crippen LogP contribution in [0.1, 0.15) is 30.5 Å². The van der Waals surface area contributed by atoms with Crippen molar-refractivity contribution in [3.05, 3.63) is 56.7 Å². The summed E-state index contributed by atoms with van der Waals surface area (Å²) in [6.45, 7) is 6.84. The Kier molecular flexibility index (Phi) is 2.37. The largest absolute Gasteiger partial charge is 0.0619 e. The zero-order valence-corrected chi connectivity index (χ0v) is 12.5. The van der Waals surface area contributed by atoms with E-state index in [-0.39, 0.29) is 5.41 Å². The van der Waals surface area contributed by atoms with Gasteiger partial charge in [0.05, 0.1) is 0 Å². The third-order valence-electron chi connectivity index (χ3n) is 3.86. The van der Waals surface area contributed by atoms with Gasteiger partial charge in [-0.05, 0) is 63.4 Å². The Bertz CT molecular complexity index is 609. The smallest absolute Gasteiger partial charge is 0.0165 e. The van der Waals surface area contributed by atoms with Crippen molar-refractivity contribution < 1.29 is 0 Å². The third-order valence-corrected chi connectivity index (χ3v) is 5.02. The van der Waals surface area contributed by atoms with Crippen LogP contribution in [-0.2, 0) is 5.41 Å². The van der Waals surface area contributed by atoms with E-state index in [1.165, 1.54) is 31.4 Å². The Morgan fingerprint density at radius 3 is 2.41 bits per heavy atom. The molecule has 0 spiro atoms. The van der Waals surface area contributed by atoms with Crippen molar-refractivity contribution >= 4 is 22.6 Å². The molecule has 2 aromatic rings. The molecule has 0 saturated heterocycles. The average Bonchev–Trinajstić information content (AvgIpc) is 2.51. The van der Waals surface area contributed by atoms with E-state index in [0.29, 0.717) is 0 Å². The van der Waals surface area contributed by atoms with Gasteiger partial charge in [-0.2, -0.15) is 0 Å². The molecule has 3 rings (SSSR count). The maximum atomic E-state index is 2.43. The Balaban J connectivity index is 2.40. The highest BCUT2D eigenvalue weighted by Gasteiger charge is 2.35. The van der Waals surface area contributed by atoms with E-state index in [2.05, 4.69) is 79.8 Å². The molecule has 0 saturated carbocycles. The first-order valence-corrected chi connectivity index (χ1v) is 7.00. The van der Waals surface area contributed by atoms with E-state index in [0.717, 1.165) is 0 Å². The molecule has 0 nitrogen and oxygen atoms in total. The van der Waals surface area contributed by atoms with Crippen molar-refractivity contribution in [2.45, 2.75) is 26.2 Å². The van der Waals surface area contributed by atoms with Gasteiger partial charge in [-0.25, -0.2) is 0 Å². The van der Waals surface area contributed by atoms with Crippen LogP contribution in [0.4, 0.5) is 0 Å². The average molecular weight is 334 g/mol. The van der Waals surface area contributed by atoms with Crippen LogP contribution >= 0.6 is 22.6 Å². The summed E-state index contributed by atoms with van der Waals surface area (Å²) in [5.41, 5.74) is 7.27. The van der Waals surface area contributed by atoms with Crippen LogP contribution in [0, 0.1) is 10.5 Å². The van der Waals surface area contributed by atoms with Gasteiger partial charge < -0.3 is 0 Å². The monoisotopic (exact) mass is 334 g/mol. The Hall–Kier alpha value is -0.830. The van der Waals surface area contributed by atoms with Crippen LogP contribution in [0.5, 0.6) is 0 Å². The molecule has 1 aliphatic rings. The minimum atomic E-state index is 0.140. The number of benzene rings is 2. The van der Waals surface area contributed by atoms with Crippen LogP contribution in [0.2, 0.25) is 0 Å². The van der Waals surface area contributed by atoms with Gasteiger partial charge >= 0.3 is 0 Å². The summed E-state index contributed by atoms with van der Waals surface area (Å²) in [6, 6.07) is 13.5. The fourth-order valence-electron chi connectivity index (χ4n) is 2.83. The summed E-state index contributed by atoms with van der Waals surface area (Å²) >= 11 is 2.43. The van der Waals surface area contributed by atoms with Gasteiger partial charge in [0.25, 0.3) is 0 Å². The minimum Gasteiger partial charge on any atom is -0.0619 e. The first-order chi connectivity index (χ1) is 8.01. The quantitative estimate of drug-likeness (QED) is 0.601. The maximum Gasteiger partial charge on any atom is 0.0165 e. The highest BCUT2D eigenvalue weighted by molar-refractivity contribution is 14.1. The van der Waals surface area contributed by atoms with Crippen LogP contribution in [0.25, 0.3) is 11.1 Å². The van der Waals surface area contributed by atoms with Crippen LogP contribution in [0.15, 0.2) is 36.4 Å². The van der Waals surface area contributed by atoms with Gasteiger partial charge in [-0.15, -0.1) is 0 Å². The highest BCUT2D eigenvalue weighted by atomic mass is 127. The van der Waals surface area contributed by atoms with Crippen molar-refractivity contribution in [2.24, 2.45) is 0 Å². The molecule has 0 bridgehead atoms. The molecule has 17 heavy (non-hydrogen) atoms. The fraction of sp³-hybridized carbons (Fsp3) is 0.250. The Morgan fingerprint density at radius 1 is 0.941 bits per heavy atom. The van der Waals surface area contributed by atoms with E-state index in [4.69, 9.17) is 0 Å². The Labute approximate surface area is 116 Å². The number of aryl methyl sites for hydroxylation is 1. The topological polar surface area (TPSA) is 0 Å². The van der Waals surface area contributed by atoms with Crippen molar-refractivity contribution in [3.63, 3.8) is 0 Å². The van der Waals surface area contributed by atoms with Gasteiger partial charge in [-0.3, -0.25) is 0 Å². The number of hydrogen-bond donors (Lipinski definition) is 0. The van der Waals surface area contributed by atoms with Gasteiger partial charge in [-0.1, -0.05) is 44.2 Å². The molecule has 86 valence electrons.